The number of hydrogen-bond acceptors (Lipinski definition) is 3. The molecule has 4 nitrogen and oxygen atoms in total. The first kappa shape index (κ1) is 14.2. The van der Waals surface area contributed by atoms with Gasteiger partial charge in [0.1, 0.15) is 0 Å². The average Bonchev–Trinajstić information content (AvgIpc) is 2.72. The molecule has 0 radical (unpaired) electrons. The Morgan fingerprint density at radius 3 is 2.95 bits per heavy atom. The van der Waals surface area contributed by atoms with Crippen molar-refractivity contribution in [2.24, 2.45) is 0 Å². The van der Waals surface area contributed by atoms with Gasteiger partial charge in [0.25, 0.3) is 0 Å². The van der Waals surface area contributed by atoms with Crippen LogP contribution in [0.4, 0.5) is 0 Å². The van der Waals surface area contributed by atoms with Crippen molar-refractivity contribution < 1.29 is 9.90 Å². The number of thioether (sulfide) groups is 1. The van der Waals surface area contributed by atoms with Crippen molar-refractivity contribution in [3.63, 3.8) is 0 Å². The molecule has 0 amide bonds. The molecule has 0 spiro atoms. The monoisotopic (exact) mass is 298 g/mol. The molecule has 2 rings (SSSR count). The van der Waals surface area contributed by atoms with Gasteiger partial charge in [0.05, 0.1) is 16.8 Å². The molecule has 0 saturated heterocycles. The Labute approximate surface area is 120 Å². The van der Waals surface area contributed by atoms with Gasteiger partial charge in [0.15, 0.2) is 5.16 Å². The number of benzene rings is 1. The second-order valence-corrected chi connectivity index (χ2v) is 5.72. The Morgan fingerprint density at radius 1 is 1.58 bits per heavy atom. The highest BCUT2D eigenvalue weighted by atomic mass is 35.5. The molecule has 0 aliphatic carbocycles. The molecule has 1 unspecified atom stereocenters. The molecule has 1 aromatic heterocycles. The molecule has 0 fully saturated rings. The van der Waals surface area contributed by atoms with Gasteiger partial charge in [-0.25, -0.2) is 4.98 Å². The van der Waals surface area contributed by atoms with Crippen LogP contribution in [0, 0.1) is 0 Å². The summed E-state index contributed by atoms with van der Waals surface area (Å²) in [5, 5.41) is 10.2. The number of nitrogens with zero attached hydrogens (tertiary/aromatic N) is 2. The highest BCUT2D eigenvalue weighted by Crippen LogP contribution is 2.30. The maximum absolute atomic E-state index is 10.7. The third-order valence-electron chi connectivity index (χ3n) is 2.98. The molecule has 6 heteroatoms. The minimum Gasteiger partial charge on any atom is -0.481 e. The molecule has 0 saturated carbocycles. The molecule has 19 heavy (non-hydrogen) atoms. The lowest BCUT2D eigenvalue weighted by Crippen LogP contribution is -2.07. The Kier molecular flexibility index (Phi) is 4.37. The predicted octanol–water partition coefficient (Wildman–Crippen LogP) is 3.84. The van der Waals surface area contributed by atoms with E-state index >= 15 is 0 Å². The van der Waals surface area contributed by atoms with Crippen LogP contribution in [0.15, 0.2) is 23.4 Å². The first-order valence-corrected chi connectivity index (χ1v) is 7.41. The number of rotatable bonds is 5. The molecule has 0 aliphatic heterocycles. The number of carboxylic acid groups (broad SMARTS) is 1. The van der Waals surface area contributed by atoms with Crippen LogP contribution in [0.25, 0.3) is 11.0 Å². The molecular weight excluding hydrogens is 284 g/mol. The highest BCUT2D eigenvalue weighted by Gasteiger charge is 2.16. The zero-order valence-corrected chi connectivity index (χ0v) is 12.3. The average molecular weight is 299 g/mol. The zero-order valence-electron chi connectivity index (χ0n) is 10.8. The third kappa shape index (κ3) is 3.04. The summed E-state index contributed by atoms with van der Waals surface area (Å²) in [7, 11) is 0. The van der Waals surface area contributed by atoms with Gasteiger partial charge >= 0.3 is 5.97 Å². The van der Waals surface area contributed by atoms with Crippen LogP contribution >= 0.6 is 23.4 Å². The Balaban J connectivity index is 2.50. The maximum Gasteiger partial charge on any atom is 0.313 e. The maximum atomic E-state index is 10.7. The minimum atomic E-state index is -0.842. The van der Waals surface area contributed by atoms with Crippen LogP contribution in [-0.4, -0.2) is 26.4 Å². The lowest BCUT2D eigenvalue weighted by Gasteiger charge is -2.15. The number of carbonyl (C=O) groups is 1. The van der Waals surface area contributed by atoms with E-state index in [0.717, 1.165) is 22.6 Å². The van der Waals surface area contributed by atoms with E-state index in [1.807, 2.05) is 12.1 Å². The smallest absolute Gasteiger partial charge is 0.313 e. The van der Waals surface area contributed by atoms with Crippen molar-refractivity contribution in [3.05, 3.63) is 23.2 Å². The van der Waals surface area contributed by atoms with Gasteiger partial charge in [-0.15, -0.1) is 0 Å². The van der Waals surface area contributed by atoms with Crippen LogP contribution in [0.2, 0.25) is 5.02 Å². The summed E-state index contributed by atoms with van der Waals surface area (Å²) < 4.78 is 2.08. The SMILES string of the molecule is CCC(C)n1c(SCC(=O)O)nc2cc(Cl)ccc21. The van der Waals surface area contributed by atoms with E-state index in [1.54, 1.807) is 6.07 Å². The zero-order chi connectivity index (χ0) is 14.0. The Morgan fingerprint density at radius 2 is 2.32 bits per heavy atom. The largest absolute Gasteiger partial charge is 0.481 e. The molecular formula is C13H15ClN2O2S. The van der Waals surface area contributed by atoms with Gasteiger partial charge in [-0.05, 0) is 31.5 Å². The van der Waals surface area contributed by atoms with Crippen molar-refractivity contribution in [2.45, 2.75) is 31.5 Å². The summed E-state index contributed by atoms with van der Waals surface area (Å²) in [6.45, 7) is 4.19. The third-order valence-corrected chi connectivity index (χ3v) is 4.15. The quantitative estimate of drug-likeness (QED) is 0.852. The second-order valence-electron chi connectivity index (χ2n) is 4.34. The summed E-state index contributed by atoms with van der Waals surface area (Å²) >= 11 is 7.21. The predicted molar refractivity (Wildman–Crippen MR) is 78.1 cm³/mol. The number of hydrogen-bond donors (Lipinski definition) is 1. The summed E-state index contributed by atoms with van der Waals surface area (Å²) in [5.41, 5.74) is 1.80. The molecule has 1 heterocycles. The Bertz CT molecular complexity index is 612. The van der Waals surface area contributed by atoms with Crippen molar-refractivity contribution in [1.29, 1.82) is 0 Å². The van der Waals surface area contributed by atoms with E-state index in [2.05, 4.69) is 23.4 Å². The molecule has 1 aromatic carbocycles. The van der Waals surface area contributed by atoms with Gasteiger partial charge in [-0.3, -0.25) is 4.79 Å². The number of imidazole rings is 1. The fraction of sp³-hybridized carbons (Fsp3) is 0.385. The van der Waals surface area contributed by atoms with E-state index in [-0.39, 0.29) is 11.8 Å². The molecule has 1 atom stereocenters. The van der Waals surface area contributed by atoms with E-state index in [9.17, 15) is 4.79 Å². The summed E-state index contributed by atoms with van der Waals surface area (Å²) in [4.78, 5) is 15.2. The highest BCUT2D eigenvalue weighted by molar-refractivity contribution is 7.99. The normalized spacial score (nSPS) is 12.8. The van der Waals surface area contributed by atoms with E-state index < -0.39 is 5.97 Å². The minimum absolute atomic E-state index is 0.00743. The first-order valence-electron chi connectivity index (χ1n) is 6.05. The fourth-order valence-electron chi connectivity index (χ4n) is 1.89. The van der Waals surface area contributed by atoms with Crippen LogP contribution < -0.4 is 0 Å². The molecule has 0 bridgehead atoms. The van der Waals surface area contributed by atoms with Gasteiger partial charge < -0.3 is 9.67 Å². The number of fused-ring (bicyclic) bond motifs is 1. The fourth-order valence-corrected chi connectivity index (χ4v) is 2.89. The molecule has 0 aliphatic rings. The van der Waals surface area contributed by atoms with Crippen molar-refractivity contribution in [1.82, 2.24) is 9.55 Å². The van der Waals surface area contributed by atoms with E-state index in [0.29, 0.717) is 5.02 Å². The van der Waals surface area contributed by atoms with Crippen molar-refractivity contribution >= 4 is 40.4 Å². The summed E-state index contributed by atoms with van der Waals surface area (Å²) in [5.74, 6) is -0.834. The molecule has 102 valence electrons. The van der Waals surface area contributed by atoms with Crippen LogP contribution in [0.5, 0.6) is 0 Å². The first-order chi connectivity index (χ1) is 9.02. The van der Waals surface area contributed by atoms with Crippen molar-refractivity contribution in [3.8, 4) is 0 Å². The lowest BCUT2D eigenvalue weighted by molar-refractivity contribution is -0.133. The second kappa shape index (κ2) is 5.84. The Hall–Kier alpha value is -1.20. The lowest BCUT2D eigenvalue weighted by atomic mass is 10.2. The van der Waals surface area contributed by atoms with Crippen LogP contribution in [-0.2, 0) is 4.79 Å². The number of aliphatic carboxylic acids is 1. The van der Waals surface area contributed by atoms with E-state index in [1.165, 1.54) is 11.8 Å². The van der Waals surface area contributed by atoms with Crippen LogP contribution in [0.3, 0.4) is 0 Å². The van der Waals surface area contributed by atoms with Gasteiger partial charge in [0, 0.05) is 11.1 Å². The van der Waals surface area contributed by atoms with Gasteiger partial charge in [-0.2, -0.15) is 0 Å². The number of aromatic nitrogens is 2. The summed E-state index contributed by atoms with van der Waals surface area (Å²) in [6, 6.07) is 5.83. The summed E-state index contributed by atoms with van der Waals surface area (Å²) in [6.07, 6.45) is 0.953. The van der Waals surface area contributed by atoms with Crippen LogP contribution in [0.1, 0.15) is 26.3 Å². The standard InChI is InChI=1S/C13H15ClN2O2S/c1-3-8(2)16-11-5-4-9(14)6-10(11)15-13(16)19-7-12(17)18/h4-6,8H,3,7H2,1-2H3,(H,17,18). The molecule has 2 aromatic rings. The van der Waals surface area contributed by atoms with Crippen molar-refractivity contribution in [2.75, 3.05) is 5.75 Å². The molecule has 1 N–H and O–H groups in total. The number of carboxylic acids is 1. The number of halogens is 1. The van der Waals surface area contributed by atoms with Gasteiger partial charge in [-0.1, -0.05) is 30.3 Å². The topological polar surface area (TPSA) is 55.1 Å². The van der Waals surface area contributed by atoms with E-state index in [4.69, 9.17) is 16.7 Å². The van der Waals surface area contributed by atoms with Gasteiger partial charge in [0.2, 0.25) is 0 Å².